The van der Waals surface area contributed by atoms with Gasteiger partial charge in [-0.25, -0.2) is 9.98 Å². The van der Waals surface area contributed by atoms with Crippen LogP contribution in [-0.2, 0) is 6.54 Å². The van der Waals surface area contributed by atoms with Gasteiger partial charge in [0.25, 0.3) is 0 Å². The summed E-state index contributed by atoms with van der Waals surface area (Å²) in [5.74, 6) is 1.32. The molecule has 0 bridgehead atoms. The summed E-state index contributed by atoms with van der Waals surface area (Å²) >= 11 is 0. The predicted molar refractivity (Wildman–Crippen MR) is 78.6 cm³/mol. The molecule has 0 aromatic carbocycles. The number of pyridine rings is 1. The van der Waals surface area contributed by atoms with Gasteiger partial charge in [0.15, 0.2) is 5.96 Å². The Bertz CT molecular complexity index is 494. The highest BCUT2D eigenvalue weighted by molar-refractivity contribution is 5.78. The zero-order chi connectivity index (χ0) is 13.9. The molecule has 0 unspecified atom stereocenters. The van der Waals surface area contributed by atoms with Crippen molar-refractivity contribution in [2.24, 2.45) is 10.7 Å². The molecule has 2 aliphatic rings. The summed E-state index contributed by atoms with van der Waals surface area (Å²) in [4.78, 5) is 10.8. The van der Waals surface area contributed by atoms with Gasteiger partial charge in [0.1, 0.15) is 6.10 Å². The third-order valence-electron chi connectivity index (χ3n) is 4.02. The molecule has 1 heterocycles. The Morgan fingerprint density at radius 3 is 2.90 bits per heavy atom. The second-order valence-electron chi connectivity index (χ2n) is 5.69. The van der Waals surface area contributed by atoms with Crippen molar-refractivity contribution >= 4 is 5.96 Å². The smallest absolute Gasteiger partial charge is 0.213 e. The largest absolute Gasteiger partial charge is 0.474 e. The fourth-order valence-electron chi connectivity index (χ4n) is 2.21. The van der Waals surface area contributed by atoms with Crippen molar-refractivity contribution in [3.8, 4) is 5.88 Å². The Morgan fingerprint density at radius 1 is 1.45 bits per heavy atom. The first kappa shape index (κ1) is 13.2. The van der Waals surface area contributed by atoms with Gasteiger partial charge >= 0.3 is 0 Å². The van der Waals surface area contributed by atoms with Crippen LogP contribution in [0.1, 0.15) is 37.7 Å². The third-order valence-corrected chi connectivity index (χ3v) is 4.02. The number of aromatic nitrogens is 1. The molecule has 1 aromatic heterocycles. The van der Waals surface area contributed by atoms with Gasteiger partial charge in [-0.05, 0) is 43.7 Å². The standard InChI is InChI=1S/C15H22N4O/c1-19(12-5-6-12)15(16)18-10-11-7-8-17-14(9-11)20-13-3-2-4-13/h7-9,12-13H,2-6,10H2,1H3,(H2,16,18). The zero-order valence-electron chi connectivity index (χ0n) is 12.0. The van der Waals surface area contributed by atoms with Gasteiger partial charge in [0.2, 0.25) is 5.88 Å². The van der Waals surface area contributed by atoms with Crippen LogP contribution in [0.25, 0.3) is 0 Å². The molecule has 2 aliphatic carbocycles. The SMILES string of the molecule is CN(C(N)=NCc1ccnc(OC2CCC2)c1)C1CC1. The molecule has 0 atom stereocenters. The minimum absolute atomic E-state index is 0.354. The van der Waals surface area contributed by atoms with Crippen molar-refractivity contribution in [1.82, 2.24) is 9.88 Å². The molecule has 0 radical (unpaired) electrons. The molecule has 5 nitrogen and oxygen atoms in total. The highest BCUT2D eigenvalue weighted by atomic mass is 16.5. The van der Waals surface area contributed by atoms with Gasteiger partial charge in [-0.3, -0.25) is 0 Å². The van der Waals surface area contributed by atoms with Crippen molar-refractivity contribution in [3.63, 3.8) is 0 Å². The van der Waals surface area contributed by atoms with Crippen molar-refractivity contribution in [2.75, 3.05) is 7.05 Å². The fourth-order valence-corrected chi connectivity index (χ4v) is 2.21. The van der Waals surface area contributed by atoms with E-state index in [9.17, 15) is 0 Å². The van der Waals surface area contributed by atoms with Gasteiger partial charge in [-0.2, -0.15) is 0 Å². The summed E-state index contributed by atoms with van der Waals surface area (Å²) in [6.45, 7) is 0.576. The lowest BCUT2D eigenvalue weighted by molar-refractivity contribution is 0.114. The zero-order valence-corrected chi connectivity index (χ0v) is 12.0. The van der Waals surface area contributed by atoms with E-state index in [2.05, 4.69) is 14.9 Å². The van der Waals surface area contributed by atoms with Crippen molar-refractivity contribution in [3.05, 3.63) is 23.9 Å². The monoisotopic (exact) mass is 274 g/mol. The molecule has 0 aliphatic heterocycles. The number of rotatable bonds is 5. The Labute approximate surface area is 119 Å². The number of hydrogen-bond donors (Lipinski definition) is 1. The maximum atomic E-state index is 5.98. The third kappa shape index (κ3) is 3.21. The summed E-state index contributed by atoms with van der Waals surface area (Å²) < 4.78 is 5.79. The number of nitrogens with zero attached hydrogens (tertiary/aromatic N) is 3. The van der Waals surface area contributed by atoms with E-state index >= 15 is 0 Å². The number of aliphatic imine (C=N–C) groups is 1. The van der Waals surface area contributed by atoms with Crippen molar-refractivity contribution in [2.45, 2.75) is 50.8 Å². The summed E-state index contributed by atoms with van der Waals surface area (Å²) in [7, 11) is 2.01. The Balaban J connectivity index is 1.58. The number of nitrogens with two attached hydrogens (primary N) is 1. The number of guanidine groups is 1. The molecule has 0 saturated heterocycles. The Morgan fingerprint density at radius 2 is 2.25 bits per heavy atom. The van der Waals surface area contributed by atoms with Gasteiger partial charge < -0.3 is 15.4 Å². The molecule has 0 amide bonds. The second-order valence-corrected chi connectivity index (χ2v) is 5.69. The van der Waals surface area contributed by atoms with Gasteiger partial charge in [0.05, 0.1) is 6.54 Å². The molecular formula is C15H22N4O. The quantitative estimate of drug-likeness (QED) is 0.658. The average Bonchev–Trinajstić information content (AvgIpc) is 3.24. The lowest BCUT2D eigenvalue weighted by Gasteiger charge is -2.25. The molecule has 2 fully saturated rings. The molecule has 0 spiro atoms. The van der Waals surface area contributed by atoms with E-state index in [0.717, 1.165) is 18.4 Å². The van der Waals surface area contributed by atoms with Gasteiger partial charge in [-0.1, -0.05) is 0 Å². The summed E-state index contributed by atoms with van der Waals surface area (Å²) in [5.41, 5.74) is 7.07. The highest BCUT2D eigenvalue weighted by Crippen LogP contribution is 2.25. The van der Waals surface area contributed by atoms with Crippen LogP contribution in [0.3, 0.4) is 0 Å². The fraction of sp³-hybridized carbons (Fsp3) is 0.600. The van der Waals surface area contributed by atoms with Crippen LogP contribution in [0, 0.1) is 0 Å². The van der Waals surface area contributed by atoms with E-state index in [0.29, 0.717) is 30.5 Å². The lowest BCUT2D eigenvalue weighted by atomic mass is 9.96. The van der Waals surface area contributed by atoms with E-state index in [4.69, 9.17) is 10.5 Å². The summed E-state index contributed by atoms with van der Waals surface area (Å²) in [6, 6.07) is 4.52. The molecule has 20 heavy (non-hydrogen) atoms. The first-order valence-electron chi connectivity index (χ1n) is 7.37. The number of ether oxygens (including phenoxy) is 1. The van der Waals surface area contributed by atoms with Gasteiger partial charge in [0, 0.05) is 25.4 Å². The van der Waals surface area contributed by atoms with E-state index in [-0.39, 0.29) is 0 Å². The minimum Gasteiger partial charge on any atom is -0.474 e. The van der Waals surface area contributed by atoms with E-state index in [1.807, 2.05) is 19.2 Å². The molecule has 2 N–H and O–H groups in total. The molecule has 5 heteroatoms. The van der Waals surface area contributed by atoms with Crippen molar-refractivity contribution < 1.29 is 4.74 Å². The molecule has 108 valence electrons. The Kier molecular flexibility index (Phi) is 3.76. The second kappa shape index (κ2) is 5.69. The summed E-state index contributed by atoms with van der Waals surface area (Å²) in [6.07, 6.45) is 8.13. The van der Waals surface area contributed by atoms with E-state index in [1.165, 1.54) is 19.3 Å². The first-order chi connectivity index (χ1) is 9.72. The lowest BCUT2D eigenvalue weighted by Crippen LogP contribution is -2.35. The maximum absolute atomic E-state index is 5.98. The number of hydrogen-bond acceptors (Lipinski definition) is 3. The topological polar surface area (TPSA) is 63.7 Å². The van der Waals surface area contributed by atoms with Crippen LogP contribution in [-0.4, -0.2) is 35.0 Å². The molecule has 1 aromatic rings. The average molecular weight is 274 g/mol. The van der Waals surface area contributed by atoms with E-state index in [1.54, 1.807) is 6.20 Å². The molecular weight excluding hydrogens is 252 g/mol. The van der Waals surface area contributed by atoms with Gasteiger partial charge in [-0.15, -0.1) is 0 Å². The van der Waals surface area contributed by atoms with Crippen molar-refractivity contribution in [1.29, 1.82) is 0 Å². The first-order valence-corrected chi connectivity index (χ1v) is 7.37. The van der Waals surface area contributed by atoms with Crippen LogP contribution in [0.15, 0.2) is 23.3 Å². The molecule has 3 rings (SSSR count). The van der Waals surface area contributed by atoms with Crippen LogP contribution >= 0.6 is 0 Å². The highest BCUT2D eigenvalue weighted by Gasteiger charge is 2.27. The predicted octanol–water partition coefficient (Wildman–Crippen LogP) is 1.92. The van der Waals surface area contributed by atoms with Crippen LogP contribution in [0.5, 0.6) is 5.88 Å². The van der Waals surface area contributed by atoms with E-state index < -0.39 is 0 Å². The minimum atomic E-state index is 0.354. The van der Waals surface area contributed by atoms with Crippen LogP contribution < -0.4 is 10.5 Å². The molecule has 2 saturated carbocycles. The Hall–Kier alpha value is -1.78. The summed E-state index contributed by atoms with van der Waals surface area (Å²) in [5, 5.41) is 0. The maximum Gasteiger partial charge on any atom is 0.213 e. The van der Waals surface area contributed by atoms with Crippen LogP contribution in [0.2, 0.25) is 0 Å². The normalized spacial score (nSPS) is 19.6. The van der Waals surface area contributed by atoms with Crippen LogP contribution in [0.4, 0.5) is 0 Å².